The van der Waals surface area contributed by atoms with E-state index in [-0.39, 0.29) is 88.1 Å². The van der Waals surface area contributed by atoms with Crippen molar-refractivity contribution < 1.29 is 98.3 Å². The SMILES string of the molecule is CCC(C)C(C(CC(=O)N1CCCC1C(OC)C(C)C(=O)NC(Cc1ccccc1)c1nccs1)OC)N(C)C(=O)C(NC(=O)C(C)(C)NC(=O)OCc1ccc(NC(=O)C(CCCNC(N)=O)NC(=O)C(NC(=O)CCOCCOCCC(=O)Oc2c(F)c(F)c(F)c(F)c2F)C(C)C)cc1)C(C)C. The lowest BCUT2D eigenvalue weighted by Gasteiger charge is -2.41. The number of anilines is 1. The van der Waals surface area contributed by atoms with Gasteiger partial charge in [-0.05, 0) is 87.0 Å². The van der Waals surface area contributed by atoms with Crippen LogP contribution in [0.4, 0.5) is 37.2 Å². The number of esters is 1. The first-order valence-electron chi connectivity index (χ1n) is 34.8. The highest BCUT2D eigenvalue weighted by molar-refractivity contribution is 7.09. The maximum Gasteiger partial charge on any atom is 0.408 e. The van der Waals surface area contributed by atoms with Crippen LogP contribution in [0.25, 0.3) is 0 Å². The van der Waals surface area contributed by atoms with Crippen molar-refractivity contribution in [3.63, 3.8) is 0 Å². The highest BCUT2D eigenvalue weighted by atomic mass is 32.1. The molecule has 1 fully saturated rings. The molecule has 0 spiro atoms. The number of primary amides is 1. The molecule has 0 bridgehead atoms. The molecule has 10 unspecified atom stereocenters. The number of urea groups is 1. The maximum atomic E-state index is 14.7. The zero-order chi connectivity index (χ0) is 77.8. The summed E-state index contributed by atoms with van der Waals surface area (Å²) in [5.74, 6) is -20.1. The van der Waals surface area contributed by atoms with Gasteiger partial charge in [0.15, 0.2) is 0 Å². The van der Waals surface area contributed by atoms with E-state index in [1.165, 1.54) is 56.4 Å². The van der Waals surface area contributed by atoms with Crippen molar-refractivity contribution in [2.24, 2.45) is 29.4 Å². The number of nitrogens with one attached hydrogen (secondary N) is 7. The first kappa shape index (κ1) is 86.7. The molecule has 10 atom stereocenters. The number of rotatable bonds is 42. The van der Waals surface area contributed by atoms with Crippen LogP contribution in [0.5, 0.6) is 5.75 Å². The van der Waals surface area contributed by atoms with Gasteiger partial charge in [-0.15, -0.1) is 11.3 Å². The zero-order valence-corrected chi connectivity index (χ0v) is 62.2. The summed E-state index contributed by atoms with van der Waals surface area (Å²) in [5, 5.41) is 21.7. The number of alkyl carbamates (subject to hydrolysis) is 1. The Hall–Kier alpha value is -8.92. The van der Waals surface area contributed by atoms with E-state index in [9.17, 15) is 69.9 Å². The number of nitrogens with zero attached hydrogens (tertiary/aromatic N) is 3. The molecular weight excluding hydrogens is 1400 g/mol. The Morgan fingerprint density at radius 1 is 0.743 bits per heavy atom. The minimum atomic E-state index is -2.42. The van der Waals surface area contributed by atoms with E-state index in [1.807, 2.05) is 49.6 Å². The number of benzene rings is 3. The predicted molar refractivity (Wildman–Crippen MR) is 377 cm³/mol. The third kappa shape index (κ3) is 26.0. The highest BCUT2D eigenvalue weighted by Gasteiger charge is 2.44. The molecule has 0 radical (unpaired) electrons. The van der Waals surface area contributed by atoms with Crippen LogP contribution in [0, 0.1) is 52.8 Å². The fourth-order valence-corrected chi connectivity index (χ4v) is 12.5. The average molecular weight is 1500 g/mol. The first-order valence-corrected chi connectivity index (χ1v) is 35.6. The predicted octanol–water partition coefficient (Wildman–Crippen LogP) is 7.44. The molecule has 5 rings (SSSR count). The smallest absolute Gasteiger partial charge is 0.408 e. The lowest BCUT2D eigenvalue weighted by Crippen LogP contribution is -2.62. The molecule has 9 N–H and O–H groups in total. The van der Waals surface area contributed by atoms with Gasteiger partial charge in [-0.1, -0.05) is 97.4 Å². The van der Waals surface area contributed by atoms with Gasteiger partial charge in [-0.2, -0.15) is 8.78 Å². The van der Waals surface area contributed by atoms with Gasteiger partial charge in [0, 0.05) is 58.0 Å². The number of hydrogen-bond donors (Lipinski definition) is 8. The lowest BCUT2D eigenvalue weighted by atomic mass is 9.89. The molecule has 3 aromatic carbocycles. The Kier molecular flexibility index (Phi) is 34.9. The monoisotopic (exact) mass is 1500 g/mol. The Labute approximate surface area is 612 Å². The van der Waals surface area contributed by atoms with E-state index in [1.54, 1.807) is 64.9 Å². The molecule has 2 heterocycles. The number of carbonyl (C=O) groups excluding carboxylic acids is 10. The van der Waals surface area contributed by atoms with Crippen LogP contribution >= 0.6 is 11.3 Å². The summed E-state index contributed by atoms with van der Waals surface area (Å²) >= 11 is 1.45. The van der Waals surface area contributed by atoms with E-state index in [4.69, 9.17) is 29.4 Å². The molecule has 10 amide bonds. The summed E-state index contributed by atoms with van der Waals surface area (Å²) in [6.07, 6.45) is 0.916. The maximum absolute atomic E-state index is 14.7. The fourth-order valence-electron chi connectivity index (χ4n) is 11.8. The second kappa shape index (κ2) is 42.3. The van der Waals surface area contributed by atoms with Crippen LogP contribution in [-0.2, 0) is 75.1 Å². The largest absolute Gasteiger partial charge is 0.445 e. The van der Waals surface area contributed by atoms with Crippen molar-refractivity contribution in [3.8, 4) is 5.75 Å². The average Bonchev–Trinajstić information content (AvgIpc) is 1.80. The summed E-state index contributed by atoms with van der Waals surface area (Å²) in [7, 11) is 4.64. The van der Waals surface area contributed by atoms with Crippen LogP contribution in [0.2, 0.25) is 0 Å². The van der Waals surface area contributed by atoms with Crippen LogP contribution in [0.3, 0.4) is 0 Å². The van der Waals surface area contributed by atoms with E-state index >= 15 is 0 Å². The lowest BCUT2D eigenvalue weighted by molar-refractivity contribution is -0.148. The van der Waals surface area contributed by atoms with Crippen LogP contribution in [0.1, 0.15) is 136 Å². The summed E-state index contributed by atoms with van der Waals surface area (Å²) in [6.45, 7) is 14.8. The van der Waals surface area contributed by atoms with Crippen molar-refractivity contribution in [2.75, 3.05) is 66.1 Å². The van der Waals surface area contributed by atoms with Gasteiger partial charge in [-0.25, -0.2) is 27.7 Å². The topological polar surface area (TPSA) is 356 Å². The van der Waals surface area contributed by atoms with Gasteiger partial charge >= 0.3 is 18.1 Å². The number of likely N-dealkylation sites (tertiary alicyclic amines) is 1. The molecule has 1 aromatic heterocycles. The normalized spacial score (nSPS) is 15.6. The summed E-state index contributed by atoms with van der Waals surface area (Å²) in [5.41, 5.74) is 5.36. The Bertz CT molecular complexity index is 3520. The molecule has 1 aliphatic heterocycles. The van der Waals surface area contributed by atoms with Crippen molar-refractivity contribution in [1.82, 2.24) is 46.7 Å². The number of methoxy groups -OCH3 is 2. The number of amides is 10. The zero-order valence-electron chi connectivity index (χ0n) is 61.3. The molecular formula is C72H100F5N11O16S. The highest BCUT2D eigenvalue weighted by Crippen LogP contribution is 2.33. The molecule has 1 aliphatic rings. The molecule has 0 aliphatic carbocycles. The van der Waals surface area contributed by atoms with Crippen molar-refractivity contribution >= 4 is 76.5 Å². The van der Waals surface area contributed by atoms with Gasteiger partial charge in [-0.3, -0.25) is 38.4 Å². The van der Waals surface area contributed by atoms with E-state index < -0.39 is 161 Å². The quantitative estimate of drug-likeness (QED) is 0.00533. The van der Waals surface area contributed by atoms with Crippen LogP contribution in [0.15, 0.2) is 66.2 Å². The number of carbonyl (C=O) groups is 10. The van der Waals surface area contributed by atoms with Crippen molar-refractivity contribution in [3.05, 3.63) is 111 Å². The van der Waals surface area contributed by atoms with Crippen LogP contribution < -0.4 is 47.7 Å². The second-order valence-electron chi connectivity index (χ2n) is 26.8. The Balaban J connectivity index is 1.11. The van der Waals surface area contributed by atoms with Crippen LogP contribution in [-0.4, -0.2) is 183 Å². The number of nitrogens with two attached hydrogens (primary N) is 1. The molecule has 580 valence electrons. The summed E-state index contributed by atoms with van der Waals surface area (Å²) in [6, 6.07) is 10.2. The summed E-state index contributed by atoms with van der Waals surface area (Å²) < 4.78 is 100. The van der Waals surface area contributed by atoms with Gasteiger partial charge in [0.25, 0.3) is 0 Å². The molecule has 33 heteroatoms. The fraction of sp³-hybridized carbons (Fsp3) is 0.569. The number of likely N-dealkylation sites (N-methyl/N-ethyl adjacent to an activating group) is 1. The van der Waals surface area contributed by atoms with Gasteiger partial charge in [0.2, 0.25) is 76.2 Å². The van der Waals surface area contributed by atoms with Gasteiger partial charge in [0.05, 0.1) is 75.5 Å². The molecule has 4 aromatic rings. The molecule has 1 saturated heterocycles. The van der Waals surface area contributed by atoms with E-state index in [0.29, 0.717) is 37.8 Å². The first-order chi connectivity index (χ1) is 49.7. The number of ether oxygens (including phenoxy) is 6. The van der Waals surface area contributed by atoms with Gasteiger partial charge in [0.1, 0.15) is 35.3 Å². The van der Waals surface area contributed by atoms with Crippen molar-refractivity contribution in [1.29, 1.82) is 0 Å². The van der Waals surface area contributed by atoms with Crippen molar-refractivity contribution in [2.45, 2.75) is 181 Å². The third-order valence-corrected chi connectivity index (χ3v) is 18.8. The Morgan fingerprint density at radius 3 is 1.95 bits per heavy atom. The minimum Gasteiger partial charge on any atom is -0.445 e. The van der Waals surface area contributed by atoms with E-state index in [2.05, 4.69) is 46.9 Å². The summed E-state index contributed by atoms with van der Waals surface area (Å²) in [4.78, 5) is 143. The number of thiazole rings is 1. The number of halogens is 5. The Morgan fingerprint density at radius 2 is 1.37 bits per heavy atom. The van der Waals surface area contributed by atoms with Gasteiger partial charge < -0.3 is 81.2 Å². The minimum absolute atomic E-state index is 0.00604. The molecule has 0 saturated carbocycles. The molecule has 27 nitrogen and oxygen atoms in total. The number of aromatic nitrogens is 1. The molecule has 105 heavy (non-hydrogen) atoms. The standard InChI is InChI=1S/C72H100F5N11O16S/c1-13-42(6)61(50(99-11)38-52(90)88-31-18-22-49(88)62(100-12)43(7)64(92)83-48(67-79-30-36-105-67)37-44-19-15-14-16-20-44)87(10)68(95)60(41(4)5)85-69(96)72(8,9)86-71(98)103-39-45-23-25-46(26-24-45)81-65(93)47(21-17-29-80-70(78)97)82-66(94)59(40(2)3)84-51(89)27-32-101-34-35-102-33-28-53(91)104-63-57(76)55(74)54(73)56(75)58(63)77/h14-16,19-20,23-26,30,36,40-43,47-50,59-62H,13,17-18,21-22,27-29,31-35,37-39H2,1-12H3,(H,81,93)(H,82,94)(H,83,92)(H,84,89)(H,85,96)(H,86,98)(H3,78,80,97). The number of hydrogen-bond acceptors (Lipinski definition) is 18. The third-order valence-electron chi connectivity index (χ3n) is 17.9. The second-order valence-corrected chi connectivity index (χ2v) is 27.7. The van der Waals surface area contributed by atoms with E-state index in [0.717, 1.165) is 10.6 Å².